The summed E-state index contributed by atoms with van der Waals surface area (Å²) < 4.78 is 0. The molecule has 2 heteroatoms. The topological polar surface area (TPSA) is 26.0 Å². The minimum atomic E-state index is 0.797. The molecule has 118 valence electrons. The molecule has 3 aromatic carbocycles. The van der Waals surface area contributed by atoms with Crippen molar-refractivity contribution in [1.82, 2.24) is 0 Å². The van der Waals surface area contributed by atoms with E-state index < -0.39 is 0 Å². The lowest BCUT2D eigenvalue weighted by Crippen LogP contribution is -1.84. The first-order valence-electron chi connectivity index (χ1n) is 7.91. The Kier molecular flexibility index (Phi) is 6.30. The maximum absolute atomic E-state index is 5.72. The number of benzene rings is 3. The summed E-state index contributed by atoms with van der Waals surface area (Å²) in [5, 5.41) is 0. The molecule has 0 heterocycles. The van der Waals surface area contributed by atoms with Crippen molar-refractivity contribution in [2.75, 3.05) is 5.73 Å². The largest absolute Gasteiger partial charge is 0.399 e. The molecule has 2 N–H and O–H groups in total. The van der Waals surface area contributed by atoms with Gasteiger partial charge >= 0.3 is 0 Å². The van der Waals surface area contributed by atoms with Gasteiger partial charge in [-0.2, -0.15) is 0 Å². The van der Waals surface area contributed by atoms with E-state index in [1.165, 1.54) is 26.5 Å². The van der Waals surface area contributed by atoms with Crippen molar-refractivity contribution in [2.45, 2.75) is 30.6 Å². The van der Waals surface area contributed by atoms with Crippen LogP contribution in [0.5, 0.6) is 0 Å². The van der Waals surface area contributed by atoms with E-state index in [0.29, 0.717) is 0 Å². The second-order valence-electron chi connectivity index (χ2n) is 5.06. The lowest BCUT2D eigenvalue weighted by atomic mass is 10.1. The summed E-state index contributed by atoms with van der Waals surface area (Å²) in [6.45, 7) is 6.11. The fourth-order valence-corrected chi connectivity index (χ4v) is 2.95. The van der Waals surface area contributed by atoms with Crippen LogP contribution in [0.2, 0.25) is 0 Å². The van der Waals surface area contributed by atoms with Crippen molar-refractivity contribution in [3.05, 3.63) is 78.4 Å². The Morgan fingerprint density at radius 3 is 1.48 bits per heavy atom. The van der Waals surface area contributed by atoms with Crippen molar-refractivity contribution in [2.24, 2.45) is 0 Å². The van der Waals surface area contributed by atoms with Gasteiger partial charge in [0.15, 0.2) is 0 Å². The Bertz CT molecular complexity index is 713. The Morgan fingerprint density at radius 2 is 1.00 bits per heavy atom. The van der Waals surface area contributed by atoms with Gasteiger partial charge in [-0.3, -0.25) is 0 Å². The standard InChI is InChI=1S/C19H17NS.C2H6/c1-14-2-10-18(11-3-14)21-19-12-6-16(7-13-19)15-4-8-17(20)9-5-15;1-2/h2-13H,20H2,1H3;1-2H3. The first-order valence-corrected chi connectivity index (χ1v) is 8.73. The predicted molar refractivity (Wildman–Crippen MR) is 103 cm³/mol. The molecule has 0 saturated carbocycles. The maximum atomic E-state index is 5.72. The smallest absolute Gasteiger partial charge is 0.0314 e. The van der Waals surface area contributed by atoms with Crippen molar-refractivity contribution in [3.63, 3.8) is 0 Å². The van der Waals surface area contributed by atoms with Crippen molar-refractivity contribution < 1.29 is 0 Å². The Morgan fingerprint density at radius 1 is 0.609 bits per heavy atom. The molecule has 0 fully saturated rings. The zero-order valence-electron chi connectivity index (χ0n) is 13.9. The molecule has 0 amide bonds. The lowest BCUT2D eigenvalue weighted by molar-refractivity contribution is 1.36. The van der Waals surface area contributed by atoms with Crippen LogP contribution in [0.3, 0.4) is 0 Å². The van der Waals surface area contributed by atoms with Gasteiger partial charge < -0.3 is 5.73 Å². The molecule has 0 aliphatic carbocycles. The first kappa shape index (κ1) is 17.2. The molecule has 0 radical (unpaired) electrons. The average molecular weight is 321 g/mol. The van der Waals surface area contributed by atoms with E-state index in [2.05, 4.69) is 67.6 Å². The SMILES string of the molecule is CC.Cc1ccc(Sc2ccc(-c3ccc(N)cc3)cc2)cc1. The molecule has 0 unspecified atom stereocenters. The molecule has 0 saturated heterocycles. The highest BCUT2D eigenvalue weighted by Crippen LogP contribution is 2.30. The number of anilines is 1. The van der Waals surface area contributed by atoms with Crippen molar-refractivity contribution in [1.29, 1.82) is 0 Å². The predicted octanol–water partition coefficient (Wildman–Crippen LogP) is 6.42. The summed E-state index contributed by atoms with van der Waals surface area (Å²) in [7, 11) is 0. The minimum Gasteiger partial charge on any atom is -0.399 e. The zero-order valence-corrected chi connectivity index (χ0v) is 14.7. The molecular weight excluding hydrogens is 298 g/mol. The normalized spacial score (nSPS) is 9.87. The molecule has 3 rings (SSSR count). The third-order valence-electron chi connectivity index (χ3n) is 3.36. The van der Waals surface area contributed by atoms with Crippen LogP contribution in [0.15, 0.2) is 82.6 Å². The molecule has 0 aliphatic heterocycles. The third kappa shape index (κ3) is 4.90. The highest BCUT2D eigenvalue weighted by molar-refractivity contribution is 7.99. The molecule has 0 aromatic heterocycles. The number of nitrogen functional groups attached to an aromatic ring is 1. The van der Waals surface area contributed by atoms with Gasteiger partial charge in [0.05, 0.1) is 0 Å². The molecule has 1 nitrogen and oxygen atoms in total. The third-order valence-corrected chi connectivity index (χ3v) is 4.37. The van der Waals surface area contributed by atoms with E-state index in [0.717, 1.165) is 5.69 Å². The maximum Gasteiger partial charge on any atom is 0.0314 e. The van der Waals surface area contributed by atoms with Crippen LogP contribution in [0.4, 0.5) is 5.69 Å². The van der Waals surface area contributed by atoms with Gasteiger partial charge in [0.25, 0.3) is 0 Å². The molecule has 0 spiro atoms. The fourth-order valence-electron chi connectivity index (χ4n) is 2.13. The Balaban J connectivity index is 0.000000924. The van der Waals surface area contributed by atoms with Gasteiger partial charge in [-0.1, -0.05) is 67.6 Å². The van der Waals surface area contributed by atoms with E-state index >= 15 is 0 Å². The zero-order chi connectivity index (χ0) is 16.7. The molecule has 3 aromatic rings. The summed E-state index contributed by atoms with van der Waals surface area (Å²) in [4.78, 5) is 2.51. The summed E-state index contributed by atoms with van der Waals surface area (Å²) in [5.41, 5.74) is 10.2. The number of nitrogens with two attached hydrogens (primary N) is 1. The van der Waals surface area contributed by atoms with Crippen LogP contribution in [0.25, 0.3) is 11.1 Å². The number of rotatable bonds is 3. The molecular formula is C21H23NS. The first-order chi connectivity index (χ1) is 11.2. The van der Waals surface area contributed by atoms with Crippen LogP contribution in [-0.2, 0) is 0 Å². The average Bonchev–Trinajstić information content (AvgIpc) is 2.60. The van der Waals surface area contributed by atoms with Gasteiger partial charge in [0.2, 0.25) is 0 Å². The van der Waals surface area contributed by atoms with Gasteiger partial charge in [-0.25, -0.2) is 0 Å². The van der Waals surface area contributed by atoms with Crippen molar-refractivity contribution in [3.8, 4) is 11.1 Å². The van der Waals surface area contributed by atoms with E-state index in [4.69, 9.17) is 5.73 Å². The van der Waals surface area contributed by atoms with E-state index in [1.54, 1.807) is 11.8 Å². The van der Waals surface area contributed by atoms with Gasteiger partial charge in [-0.15, -0.1) is 0 Å². The summed E-state index contributed by atoms with van der Waals surface area (Å²) in [6, 6.07) is 25.2. The van der Waals surface area contributed by atoms with E-state index in [-0.39, 0.29) is 0 Å². The quantitative estimate of drug-likeness (QED) is 0.563. The van der Waals surface area contributed by atoms with Gasteiger partial charge in [0.1, 0.15) is 0 Å². The minimum absolute atomic E-state index is 0.797. The van der Waals surface area contributed by atoms with Gasteiger partial charge in [-0.05, 0) is 54.4 Å². The summed E-state index contributed by atoms with van der Waals surface area (Å²) in [6.07, 6.45) is 0. The monoisotopic (exact) mass is 321 g/mol. The van der Waals surface area contributed by atoms with Crippen molar-refractivity contribution >= 4 is 17.4 Å². The lowest BCUT2D eigenvalue weighted by Gasteiger charge is -2.05. The fraction of sp³-hybridized carbons (Fsp3) is 0.143. The molecule has 0 aliphatic rings. The number of aryl methyl sites for hydroxylation is 1. The highest BCUT2D eigenvalue weighted by atomic mass is 32.2. The second kappa shape index (κ2) is 8.44. The van der Waals surface area contributed by atoms with Crippen LogP contribution in [0.1, 0.15) is 19.4 Å². The van der Waals surface area contributed by atoms with E-state index in [9.17, 15) is 0 Å². The molecule has 0 atom stereocenters. The second-order valence-corrected chi connectivity index (χ2v) is 6.21. The van der Waals surface area contributed by atoms with Crippen LogP contribution in [-0.4, -0.2) is 0 Å². The summed E-state index contributed by atoms with van der Waals surface area (Å²) >= 11 is 1.78. The molecule has 0 bridgehead atoms. The van der Waals surface area contributed by atoms with Crippen LogP contribution >= 0.6 is 11.8 Å². The van der Waals surface area contributed by atoms with Gasteiger partial charge in [0, 0.05) is 15.5 Å². The number of hydrogen-bond acceptors (Lipinski definition) is 2. The highest BCUT2D eigenvalue weighted by Gasteiger charge is 2.00. The Labute approximate surface area is 143 Å². The molecule has 23 heavy (non-hydrogen) atoms. The van der Waals surface area contributed by atoms with E-state index in [1.807, 2.05) is 26.0 Å². The summed E-state index contributed by atoms with van der Waals surface area (Å²) in [5.74, 6) is 0. The van der Waals surface area contributed by atoms with Crippen LogP contribution < -0.4 is 5.73 Å². The number of hydrogen-bond donors (Lipinski definition) is 1. The Hall–Kier alpha value is -2.19. The van der Waals surface area contributed by atoms with Crippen LogP contribution in [0, 0.1) is 6.92 Å².